The smallest absolute Gasteiger partial charge is 0.306 e. The van der Waals surface area contributed by atoms with Gasteiger partial charge in [0.25, 0.3) is 0 Å². The van der Waals surface area contributed by atoms with Gasteiger partial charge in [0.2, 0.25) is 0 Å². The molecule has 3 aromatic rings. The Hall–Kier alpha value is -2.62. The van der Waals surface area contributed by atoms with E-state index in [0.29, 0.717) is 13.0 Å². The van der Waals surface area contributed by atoms with Crippen LogP contribution in [0.15, 0.2) is 60.9 Å². The summed E-state index contributed by atoms with van der Waals surface area (Å²) in [5, 5.41) is 0. The number of esters is 1. The van der Waals surface area contributed by atoms with Gasteiger partial charge in [-0.25, -0.2) is 4.98 Å². The predicted molar refractivity (Wildman–Crippen MR) is 84.7 cm³/mol. The first kappa shape index (κ1) is 14.3. The van der Waals surface area contributed by atoms with Crippen LogP contribution < -0.4 is 0 Å². The van der Waals surface area contributed by atoms with Crippen molar-refractivity contribution in [3.8, 4) is 0 Å². The van der Waals surface area contributed by atoms with Crippen LogP contribution in [0.4, 0.5) is 0 Å². The maximum absolute atomic E-state index is 12.0. The van der Waals surface area contributed by atoms with E-state index in [2.05, 4.69) is 4.98 Å². The Morgan fingerprint density at radius 1 is 1.18 bits per heavy atom. The fourth-order valence-electron chi connectivity index (χ4n) is 2.68. The van der Waals surface area contributed by atoms with Crippen LogP contribution in [0.1, 0.15) is 30.5 Å². The Morgan fingerprint density at radius 3 is 2.73 bits per heavy atom. The van der Waals surface area contributed by atoms with Crippen LogP contribution >= 0.6 is 0 Å². The van der Waals surface area contributed by atoms with Gasteiger partial charge in [0.05, 0.1) is 18.7 Å². The Balaban J connectivity index is 2.03. The summed E-state index contributed by atoms with van der Waals surface area (Å²) in [5.74, 6) is -0.264. The van der Waals surface area contributed by atoms with E-state index in [0.717, 1.165) is 16.9 Å². The van der Waals surface area contributed by atoms with Gasteiger partial charge < -0.3 is 9.14 Å². The van der Waals surface area contributed by atoms with E-state index in [4.69, 9.17) is 4.74 Å². The summed E-state index contributed by atoms with van der Waals surface area (Å²) in [6, 6.07) is 15.9. The maximum Gasteiger partial charge on any atom is 0.306 e. The highest BCUT2D eigenvalue weighted by Gasteiger charge is 2.22. The molecule has 0 amide bonds. The molecule has 1 atom stereocenters. The van der Waals surface area contributed by atoms with Crippen molar-refractivity contribution in [3.63, 3.8) is 0 Å². The van der Waals surface area contributed by atoms with Gasteiger partial charge in [-0.15, -0.1) is 0 Å². The van der Waals surface area contributed by atoms with Crippen LogP contribution in [0.2, 0.25) is 0 Å². The summed E-state index contributed by atoms with van der Waals surface area (Å²) >= 11 is 0. The Morgan fingerprint density at radius 2 is 1.95 bits per heavy atom. The number of pyridine rings is 1. The maximum atomic E-state index is 12.0. The summed E-state index contributed by atoms with van der Waals surface area (Å²) in [5.41, 5.74) is 2.96. The number of carbonyl (C=O) groups is 1. The molecule has 3 rings (SSSR count). The molecular formula is C18H18N2O2. The molecule has 112 valence electrons. The minimum atomic E-state index is -0.192. The van der Waals surface area contributed by atoms with E-state index in [1.807, 2.05) is 72.2 Å². The topological polar surface area (TPSA) is 43.6 Å². The van der Waals surface area contributed by atoms with Crippen molar-refractivity contribution in [1.29, 1.82) is 0 Å². The van der Waals surface area contributed by atoms with E-state index in [9.17, 15) is 4.79 Å². The average Bonchev–Trinajstić information content (AvgIpc) is 2.98. The number of carbonyl (C=O) groups excluding carboxylic acids is 1. The highest BCUT2D eigenvalue weighted by Crippen LogP contribution is 2.29. The number of benzene rings is 1. The molecule has 0 saturated carbocycles. The first-order valence-electron chi connectivity index (χ1n) is 7.42. The molecule has 4 nitrogen and oxygen atoms in total. The average molecular weight is 294 g/mol. The highest BCUT2D eigenvalue weighted by atomic mass is 16.5. The summed E-state index contributed by atoms with van der Waals surface area (Å²) in [6.45, 7) is 2.22. The largest absolute Gasteiger partial charge is 0.466 e. The molecule has 22 heavy (non-hydrogen) atoms. The second kappa shape index (κ2) is 6.43. The normalized spacial score (nSPS) is 12.2. The van der Waals surface area contributed by atoms with Gasteiger partial charge in [0, 0.05) is 18.3 Å². The van der Waals surface area contributed by atoms with Crippen LogP contribution in [-0.2, 0) is 9.53 Å². The van der Waals surface area contributed by atoms with Crippen molar-refractivity contribution >= 4 is 11.6 Å². The first-order chi connectivity index (χ1) is 10.8. The highest BCUT2D eigenvalue weighted by molar-refractivity contribution is 5.71. The number of aromatic nitrogens is 2. The molecule has 2 aromatic heterocycles. The molecule has 0 aliphatic carbocycles. The second-order valence-electron chi connectivity index (χ2n) is 5.08. The van der Waals surface area contributed by atoms with Gasteiger partial charge in [-0.2, -0.15) is 0 Å². The summed E-state index contributed by atoms with van der Waals surface area (Å²) in [4.78, 5) is 16.4. The third-order valence-corrected chi connectivity index (χ3v) is 3.68. The van der Waals surface area contributed by atoms with Gasteiger partial charge in [-0.3, -0.25) is 4.79 Å². The molecular weight excluding hydrogens is 276 g/mol. The molecule has 1 aromatic carbocycles. The molecule has 4 heteroatoms. The third kappa shape index (κ3) is 2.86. The van der Waals surface area contributed by atoms with E-state index < -0.39 is 0 Å². The predicted octanol–water partition coefficient (Wildman–Crippen LogP) is 3.42. The lowest BCUT2D eigenvalue weighted by Gasteiger charge is -2.16. The van der Waals surface area contributed by atoms with Gasteiger partial charge in [0.15, 0.2) is 0 Å². The van der Waals surface area contributed by atoms with E-state index in [1.54, 1.807) is 0 Å². The number of ether oxygens (including phenoxy) is 1. The van der Waals surface area contributed by atoms with Crippen molar-refractivity contribution in [2.45, 2.75) is 19.3 Å². The SMILES string of the molecule is CCOC(=O)CC(c1ccccc1)c1cnc2ccccn12. The van der Waals surface area contributed by atoms with Crippen LogP contribution in [-0.4, -0.2) is 22.0 Å². The fraction of sp³-hybridized carbons (Fsp3) is 0.222. The monoisotopic (exact) mass is 294 g/mol. The Bertz CT molecular complexity index is 765. The number of rotatable bonds is 5. The molecule has 0 aliphatic rings. The number of hydrogen-bond donors (Lipinski definition) is 0. The lowest BCUT2D eigenvalue weighted by atomic mass is 9.93. The number of fused-ring (bicyclic) bond motifs is 1. The molecule has 1 unspecified atom stereocenters. The van der Waals surface area contributed by atoms with E-state index in [1.165, 1.54) is 0 Å². The van der Waals surface area contributed by atoms with Gasteiger partial charge in [0.1, 0.15) is 5.65 Å². The van der Waals surface area contributed by atoms with Gasteiger partial charge in [-0.05, 0) is 24.6 Å². The van der Waals surface area contributed by atoms with Crippen LogP contribution in [0.3, 0.4) is 0 Å². The van der Waals surface area contributed by atoms with Crippen LogP contribution in [0.25, 0.3) is 5.65 Å². The summed E-state index contributed by atoms with van der Waals surface area (Å²) in [7, 11) is 0. The minimum absolute atomic E-state index is 0.0716. The van der Waals surface area contributed by atoms with Crippen LogP contribution in [0, 0.1) is 0 Å². The number of hydrogen-bond acceptors (Lipinski definition) is 3. The van der Waals surface area contributed by atoms with E-state index >= 15 is 0 Å². The zero-order valence-electron chi connectivity index (χ0n) is 12.5. The molecule has 0 radical (unpaired) electrons. The second-order valence-corrected chi connectivity index (χ2v) is 5.08. The quantitative estimate of drug-likeness (QED) is 0.677. The lowest BCUT2D eigenvalue weighted by Crippen LogP contribution is -2.13. The first-order valence-corrected chi connectivity index (χ1v) is 7.42. The van der Waals surface area contributed by atoms with Crippen molar-refractivity contribution in [1.82, 2.24) is 9.38 Å². The zero-order chi connectivity index (χ0) is 15.4. The molecule has 0 aliphatic heterocycles. The van der Waals surface area contributed by atoms with Gasteiger partial charge >= 0.3 is 5.97 Å². The molecule has 0 spiro atoms. The third-order valence-electron chi connectivity index (χ3n) is 3.68. The van der Waals surface area contributed by atoms with Crippen LogP contribution in [0.5, 0.6) is 0 Å². The zero-order valence-corrected chi connectivity index (χ0v) is 12.5. The Labute approximate surface area is 129 Å². The molecule has 0 bridgehead atoms. The van der Waals surface area contributed by atoms with Crippen molar-refractivity contribution in [3.05, 3.63) is 72.2 Å². The fourth-order valence-corrected chi connectivity index (χ4v) is 2.68. The van der Waals surface area contributed by atoms with Crippen molar-refractivity contribution < 1.29 is 9.53 Å². The number of imidazole rings is 1. The molecule has 2 heterocycles. The standard InChI is InChI=1S/C18H18N2O2/c1-2-22-18(21)12-15(14-8-4-3-5-9-14)16-13-19-17-10-6-7-11-20(16)17/h3-11,13,15H,2,12H2,1H3. The number of nitrogens with zero attached hydrogens (tertiary/aromatic N) is 2. The molecule has 0 N–H and O–H groups in total. The Kier molecular flexibility index (Phi) is 4.19. The van der Waals surface area contributed by atoms with Crippen molar-refractivity contribution in [2.75, 3.05) is 6.61 Å². The molecule has 0 saturated heterocycles. The lowest BCUT2D eigenvalue weighted by molar-refractivity contribution is -0.143. The molecule has 0 fully saturated rings. The minimum Gasteiger partial charge on any atom is -0.466 e. The van der Waals surface area contributed by atoms with Crippen molar-refractivity contribution in [2.24, 2.45) is 0 Å². The van der Waals surface area contributed by atoms with Gasteiger partial charge in [-0.1, -0.05) is 36.4 Å². The summed E-state index contributed by atoms with van der Waals surface area (Å²) < 4.78 is 7.16. The van der Waals surface area contributed by atoms with E-state index in [-0.39, 0.29) is 11.9 Å². The summed E-state index contributed by atoms with van der Waals surface area (Å²) in [6.07, 6.45) is 4.12.